The van der Waals surface area contributed by atoms with Gasteiger partial charge in [-0.05, 0) is 50.2 Å². The minimum atomic E-state index is -0.711. The molecule has 28 heavy (non-hydrogen) atoms. The number of carbonyl (C=O) groups excluding carboxylic acids is 2. The molecular formula is C19H32Cl2N4O3. The van der Waals surface area contributed by atoms with Crippen molar-refractivity contribution in [3.8, 4) is 0 Å². The standard InChI is InChI=1S/C19H30N4O3.2ClH/c1-26-14-17(20)19(25)22-16-9-7-15(8-10-16)21-18(24)13-23-11-5-3-2-4-6-12-23;;/h7-10,17H,2-6,11-14,20H2,1H3,(H,21,24)(H,22,25);2*1H. The summed E-state index contributed by atoms with van der Waals surface area (Å²) in [5, 5.41) is 5.63. The van der Waals surface area contributed by atoms with E-state index < -0.39 is 6.04 Å². The van der Waals surface area contributed by atoms with Crippen LogP contribution in [-0.4, -0.2) is 56.1 Å². The van der Waals surface area contributed by atoms with Crippen LogP contribution in [-0.2, 0) is 14.3 Å². The zero-order chi connectivity index (χ0) is 18.8. The van der Waals surface area contributed by atoms with Gasteiger partial charge in [-0.3, -0.25) is 14.5 Å². The third-order valence-corrected chi connectivity index (χ3v) is 4.44. The van der Waals surface area contributed by atoms with E-state index in [1.165, 1.54) is 26.4 Å². The molecule has 1 saturated heterocycles. The number of halogens is 2. The highest BCUT2D eigenvalue weighted by atomic mass is 35.5. The Kier molecular flexibility index (Phi) is 13.9. The molecule has 0 aromatic heterocycles. The van der Waals surface area contributed by atoms with Crippen LogP contribution >= 0.6 is 24.8 Å². The van der Waals surface area contributed by atoms with Crippen molar-refractivity contribution in [1.29, 1.82) is 0 Å². The molecule has 1 heterocycles. The molecular weight excluding hydrogens is 403 g/mol. The van der Waals surface area contributed by atoms with Crippen LogP contribution in [0, 0.1) is 0 Å². The van der Waals surface area contributed by atoms with Gasteiger partial charge in [0.05, 0.1) is 13.2 Å². The van der Waals surface area contributed by atoms with Crippen molar-refractivity contribution in [1.82, 2.24) is 4.90 Å². The molecule has 1 unspecified atom stereocenters. The highest BCUT2D eigenvalue weighted by Gasteiger charge is 2.14. The van der Waals surface area contributed by atoms with E-state index in [1.807, 2.05) is 0 Å². The predicted molar refractivity (Wildman–Crippen MR) is 118 cm³/mol. The van der Waals surface area contributed by atoms with Gasteiger partial charge in [-0.2, -0.15) is 0 Å². The number of carbonyl (C=O) groups is 2. The van der Waals surface area contributed by atoms with Gasteiger partial charge in [0.1, 0.15) is 6.04 Å². The smallest absolute Gasteiger partial charge is 0.243 e. The summed E-state index contributed by atoms with van der Waals surface area (Å²) in [6.45, 7) is 2.56. The molecule has 1 atom stereocenters. The van der Waals surface area contributed by atoms with E-state index in [-0.39, 0.29) is 43.2 Å². The first kappa shape index (κ1) is 26.6. The Labute approximate surface area is 179 Å². The van der Waals surface area contributed by atoms with Gasteiger partial charge in [0, 0.05) is 18.5 Å². The topological polar surface area (TPSA) is 96.7 Å². The van der Waals surface area contributed by atoms with Gasteiger partial charge in [0.15, 0.2) is 0 Å². The predicted octanol–water partition coefficient (Wildman–Crippen LogP) is 2.65. The van der Waals surface area contributed by atoms with E-state index in [1.54, 1.807) is 24.3 Å². The normalized spacial score (nSPS) is 15.8. The van der Waals surface area contributed by atoms with E-state index in [4.69, 9.17) is 10.5 Å². The maximum atomic E-state index is 12.2. The van der Waals surface area contributed by atoms with Gasteiger partial charge in [-0.25, -0.2) is 0 Å². The van der Waals surface area contributed by atoms with E-state index in [2.05, 4.69) is 15.5 Å². The second-order valence-corrected chi connectivity index (χ2v) is 6.72. The van der Waals surface area contributed by atoms with E-state index in [0.717, 1.165) is 25.9 Å². The van der Waals surface area contributed by atoms with Crippen molar-refractivity contribution in [2.75, 3.05) is 44.0 Å². The minimum absolute atomic E-state index is 0. The molecule has 0 spiro atoms. The summed E-state index contributed by atoms with van der Waals surface area (Å²) in [4.78, 5) is 26.3. The summed E-state index contributed by atoms with van der Waals surface area (Å²) >= 11 is 0. The number of hydrogen-bond donors (Lipinski definition) is 3. The molecule has 1 aromatic rings. The number of ether oxygens (including phenoxy) is 1. The van der Waals surface area contributed by atoms with E-state index in [0.29, 0.717) is 17.9 Å². The quantitative estimate of drug-likeness (QED) is 0.612. The van der Waals surface area contributed by atoms with E-state index in [9.17, 15) is 9.59 Å². The Balaban J connectivity index is 0.00000364. The van der Waals surface area contributed by atoms with Gasteiger partial charge in [0.25, 0.3) is 0 Å². The maximum absolute atomic E-state index is 12.2. The fourth-order valence-corrected chi connectivity index (χ4v) is 3.00. The Morgan fingerprint density at radius 1 is 1.00 bits per heavy atom. The number of methoxy groups -OCH3 is 1. The van der Waals surface area contributed by atoms with Gasteiger partial charge in [0.2, 0.25) is 11.8 Å². The number of nitrogens with zero attached hydrogens (tertiary/aromatic N) is 1. The second kappa shape index (κ2) is 14.6. The Morgan fingerprint density at radius 2 is 1.50 bits per heavy atom. The molecule has 9 heteroatoms. The van der Waals surface area contributed by atoms with E-state index >= 15 is 0 Å². The fraction of sp³-hybridized carbons (Fsp3) is 0.579. The van der Waals surface area contributed by atoms with Crippen LogP contribution in [0.2, 0.25) is 0 Å². The zero-order valence-electron chi connectivity index (χ0n) is 16.3. The molecule has 4 N–H and O–H groups in total. The van der Waals surface area contributed by atoms with Crippen molar-refractivity contribution in [2.45, 2.75) is 38.1 Å². The van der Waals surface area contributed by atoms with Crippen LogP contribution in [0.5, 0.6) is 0 Å². The number of nitrogens with two attached hydrogens (primary N) is 1. The number of benzene rings is 1. The summed E-state index contributed by atoms with van der Waals surface area (Å²) in [7, 11) is 1.50. The minimum Gasteiger partial charge on any atom is -0.383 e. The molecule has 7 nitrogen and oxygen atoms in total. The lowest BCUT2D eigenvalue weighted by Crippen LogP contribution is -2.39. The lowest BCUT2D eigenvalue weighted by atomic mass is 10.1. The third-order valence-electron chi connectivity index (χ3n) is 4.44. The maximum Gasteiger partial charge on any atom is 0.243 e. The molecule has 0 radical (unpaired) electrons. The van der Waals surface area contributed by atoms with Crippen molar-refractivity contribution in [2.24, 2.45) is 5.73 Å². The highest BCUT2D eigenvalue weighted by Crippen LogP contribution is 2.14. The number of nitrogens with one attached hydrogen (secondary N) is 2. The van der Waals surface area contributed by atoms with Crippen molar-refractivity contribution < 1.29 is 14.3 Å². The van der Waals surface area contributed by atoms with Gasteiger partial charge in [-0.15, -0.1) is 24.8 Å². The lowest BCUT2D eigenvalue weighted by Gasteiger charge is -2.23. The Bertz CT molecular complexity index is 579. The SMILES string of the molecule is COCC(N)C(=O)Nc1ccc(NC(=O)CN2CCCCCCC2)cc1.Cl.Cl. The van der Waals surface area contributed by atoms with Crippen LogP contribution in [0.1, 0.15) is 32.1 Å². The summed E-state index contributed by atoms with van der Waals surface area (Å²) < 4.78 is 4.87. The average molecular weight is 435 g/mol. The molecule has 1 aliphatic heterocycles. The summed E-state index contributed by atoms with van der Waals surface area (Å²) in [5.74, 6) is -0.315. The fourth-order valence-electron chi connectivity index (χ4n) is 3.00. The molecule has 0 saturated carbocycles. The molecule has 2 amide bonds. The van der Waals surface area contributed by atoms with Crippen LogP contribution in [0.3, 0.4) is 0 Å². The number of likely N-dealkylation sites (tertiary alicyclic amines) is 1. The van der Waals surface area contributed by atoms with Crippen LogP contribution in [0.4, 0.5) is 11.4 Å². The van der Waals surface area contributed by atoms with Crippen molar-refractivity contribution >= 4 is 48.0 Å². The van der Waals surface area contributed by atoms with Crippen molar-refractivity contribution in [3.63, 3.8) is 0 Å². The summed E-state index contributed by atoms with van der Waals surface area (Å²) in [6.07, 6.45) is 6.12. The van der Waals surface area contributed by atoms with Gasteiger partial charge >= 0.3 is 0 Å². The monoisotopic (exact) mass is 434 g/mol. The molecule has 2 rings (SSSR count). The molecule has 160 valence electrons. The number of rotatable bonds is 7. The zero-order valence-corrected chi connectivity index (χ0v) is 17.9. The number of hydrogen-bond acceptors (Lipinski definition) is 5. The molecule has 1 aliphatic rings. The van der Waals surface area contributed by atoms with Crippen molar-refractivity contribution in [3.05, 3.63) is 24.3 Å². The first-order valence-corrected chi connectivity index (χ1v) is 9.26. The molecule has 0 bridgehead atoms. The first-order chi connectivity index (χ1) is 12.6. The van der Waals surface area contributed by atoms with Crippen LogP contribution < -0.4 is 16.4 Å². The Hall–Kier alpha value is -1.38. The number of amides is 2. The first-order valence-electron chi connectivity index (χ1n) is 9.26. The molecule has 1 fully saturated rings. The summed E-state index contributed by atoms with van der Waals surface area (Å²) in [5.41, 5.74) is 7.02. The third kappa shape index (κ3) is 9.71. The van der Waals surface area contributed by atoms with Crippen LogP contribution in [0.25, 0.3) is 0 Å². The van der Waals surface area contributed by atoms with Gasteiger partial charge < -0.3 is 21.1 Å². The van der Waals surface area contributed by atoms with Gasteiger partial charge in [-0.1, -0.05) is 19.3 Å². The second-order valence-electron chi connectivity index (χ2n) is 6.72. The molecule has 1 aromatic carbocycles. The average Bonchev–Trinajstić information content (AvgIpc) is 2.59. The molecule has 0 aliphatic carbocycles. The largest absolute Gasteiger partial charge is 0.383 e. The lowest BCUT2D eigenvalue weighted by molar-refractivity contribution is -0.118. The highest BCUT2D eigenvalue weighted by molar-refractivity contribution is 5.95. The Morgan fingerprint density at radius 3 is 2.04 bits per heavy atom. The van der Waals surface area contributed by atoms with Crippen LogP contribution in [0.15, 0.2) is 24.3 Å². The number of anilines is 2. The summed E-state index contributed by atoms with van der Waals surface area (Å²) in [6, 6.07) is 6.30.